The maximum Gasteiger partial charge on any atom is 0.335 e. The molecule has 0 aliphatic heterocycles. The van der Waals surface area contributed by atoms with Crippen molar-refractivity contribution in [2.45, 2.75) is 13.8 Å². The predicted octanol–water partition coefficient (Wildman–Crippen LogP) is 4.02. The molecule has 0 spiro atoms. The molecule has 0 fully saturated rings. The van der Waals surface area contributed by atoms with Crippen LogP contribution >= 0.6 is 15.9 Å². The molecule has 0 aliphatic rings. The van der Waals surface area contributed by atoms with E-state index in [4.69, 9.17) is 0 Å². The Morgan fingerprint density at radius 2 is 1.61 bits per heavy atom. The number of nitrogens with zero attached hydrogens (tertiary/aromatic N) is 2. The highest BCUT2D eigenvalue weighted by molar-refractivity contribution is 9.10. The van der Waals surface area contributed by atoms with Gasteiger partial charge in [0.25, 0.3) is 5.91 Å². The molecule has 0 radical (unpaired) electrons. The molecule has 8 nitrogen and oxygen atoms in total. The first-order valence-electron chi connectivity index (χ1n) is 9.08. The van der Waals surface area contributed by atoms with E-state index < -0.39 is 11.9 Å². The number of carboxylic acids is 2. The second-order valence-electron chi connectivity index (χ2n) is 6.72. The van der Waals surface area contributed by atoms with E-state index in [1.807, 2.05) is 0 Å². The van der Waals surface area contributed by atoms with Crippen LogP contribution in [0.25, 0.3) is 5.69 Å². The van der Waals surface area contributed by atoms with Crippen LogP contribution in [-0.4, -0.2) is 38.8 Å². The molecule has 9 heteroatoms. The highest BCUT2D eigenvalue weighted by Crippen LogP contribution is 2.23. The molecule has 1 aromatic heterocycles. The van der Waals surface area contributed by atoms with Gasteiger partial charge in [0.1, 0.15) is 0 Å². The van der Waals surface area contributed by atoms with Crippen molar-refractivity contribution in [2.24, 2.45) is 5.10 Å². The van der Waals surface area contributed by atoms with Gasteiger partial charge in [0.2, 0.25) is 0 Å². The molecule has 31 heavy (non-hydrogen) atoms. The minimum absolute atomic E-state index is 0.127. The molecular weight excluding hydrogens is 466 g/mol. The second kappa shape index (κ2) is 8.97. The molecule has 3 aromatic rings. The van der Waals surface area contributed by atoms with Crippen LogP contribution in [0.2, 0.25) is 0 Å². The summed E-state index contributed by atoms with van der Waals surface area (Å²) in [6, 6.07) is 12.7. The third-order valence-corrected chi connectivity index (χ3v) is 5.32. The van der Waals surface area contributed by atoms with Crippen LogP contribution in [0.3, 0.4) is 0 Å². The van der Waals surface area contributed by atoms with Gasteiger partial charge in [-0.3, -0.25) is 4.79 Å². The number of nitrogens with one attached hydrogen (secondary N) is 1. The number of aromatic nitrogens is 1. The minimum Gasteiger partial charge on any atom is -0.478 e. The summed E-state index contributed by atoms with van der Waals surface area (Å²) >= 11 is 3.32. The van der Waals surface area contributed by atoms with Crippen LogP contribution < -0.4 is 5.43 Å². The summed E-state index contributed by atoms with van der Waals surface area (Å²) in [5, 5.41) is 22.7. The Kier molecular flexibility index (Phi) is 6.36. The molecule has 0 atom stereocenters. The Bertz CT molecular complexity index is 1200. The first kappa shape index (κ1) is 22.0. The smallest absolute Gasteiger partial charge is 0.335 e. The van der Waals surface area contributed by atoms with E-state index in [1.54, 1.807) is 48.7 Å². The van der Waals surface area contributed by atoms with Crippen molar-refractivity contribution >= 4 is 40.0 Å². The zero-order valence-corrected chi connectivity index (χ0v) is 18.2. The van der Waals surface area contributed by atoms with Crippen LogP contribution in [0.1, 0.15) is 48.0 Å². The molecule has 0 saturated heterocycles. The average molecular weight is 484 g/mol. The van der Waals surface area contributed by atoms with Crippen molar-refractivity contribution in [2.75, 3.05) is 0 Å². The molecule has 0 aliphatic carbocycles. The lowest BCUT2D eigenvalue weighted by molar-refractivity contribution is 0.0696. The van der Waals surface area contributed by atoms with Crippen LogP contribution in [0.15, 0.2) is 58.1 Å². The van der Waals surface area contributed by atoms with Gasteiger partial charge in [0, 0.05) is 27.1 Å². The van der Waals surface area contributed by atoms with E-state index >= 15 is 0 Å². The summed E-state index contributed by atoms with van der Waals surface area (Å²) in [6.07, 6.45) is 1.48. The van der Waals surface area contributed by atoms with E-state index in [0.29, 0.717) is 27.0 Å². The topological polar surface area (TPSA) is 121 Å². The fraction of sp³-hybridized carbons (Fsp3) is 0.0909. The first-order chi connectivity index (χ1) is 14.7. The van der Waals surface area contributed by atoms with Gasteiger partial charge in [-0.15, -0.1) is 0 Å². The average Bonchev–Trinajstić information content (AvgIpc) is 3.01. The number of rotatable bonds is 6. The Balaban J connectivity index is 1.92. The fourth-order valence-electron chi connectivity index (χ4n) is 3.17. The molecule has 2 aromatic carbocycles. The number of carboxylic acid groups (broad SMARTS) is 2. The number of aryl methyl sites for hydroxylation is 1. The van der Waals surface area contributed by atoms with Gasteiger partial charge in [0.05, 0.1) is 22.9 Å². The summed E-state index contributed by atoms with van der Waals surface area (Å²) in [5.74, 6) is -2.82. The van der Waals surface area contributed by atoms with Crippen molar-refractivity contribution in [1.82, 2.24) is 9.99 Å². The van der Waals surface area contributed by atoms with Crippen LogP contribution in [-0.2, 0) is 0 Å². The van der Waals surface area contributed by atoms with Crippen molar-refractivity contribution in [3.05, 3.63) is 86.6 Å². The van der Waals surface area contributed by atoms with Gasteiger partial charge >= 0.3 is 11.9 Å². The first-order valence-corrected chi connectivity index (χ1v) is 9.87. The lowest BCUT2D eigenvalue weighted by atomic mass is 10.1. The van der Waals surface area contributed by atoms with Gasteiger partial charge in [-0.2, -0.15) is 5.10 Å². The summed E-state index contributed by atoms with van der Waals surface area (Å²) in [4.78, 5) is 35.1. The number of benzene rings is 2. The van der Waals surface area contributed by atoms with Gasteiger partial charge in [-0.25, -0.2) is 15.0 Å². The van der Waals surface area contributed by atoms with Crippen molar-refractivity contribution in [3.8, 4) is 5.69 Å². The van der Waals surface area contributed by atoms with Crippen molar-refractivity contribution in [3.63, 3.8) is 0 Å². The van der Waals surface area contributed by atoms with Gasteiger partial charge in [0.15, 0.2) is 0 Å². The highest BCUT2D eigenvalue weighted by Gasteiger charge is 2.16. The van der Waals surface area contributed by atoms with E-state index in [2.05, 4.69) is 26.5 Å². The van der Waals surface area contributed by atoms with Gasteiger partial charge in [-0.1, -0.05) is 12.1 Å². The van der Waals surface area contributed by atoms with Crippen LogP contribution in [0.5, 0.6) is 0 Å². The van der Waals surface area contributed by atoms with E-state index in [-0.39, 0.29) is 17.0 Å². The molecule has 1 amide bonds. The zero-order valence-electron chi connectivity index (χ0n) is 16.6. The highest BCUT2D eigenvalue weighted by atomic mass is 79.9. The molecular formula is C22H18BrN3O5. The largest absolute Gasteiger partial charge is 0.478 e. The second-order valence-corrected chi connectivity index (χ2v) is 7.57. The SMILES string of the molecule is Cc1cc(C=NNC(=O)c2ccccc2Br)c(C)n1-c1cc(C(=O)O)cc(C(=O)O)c1. The Hall–Kier alpha value is -3.72. The summed E-state index contributed by atoms with van der Waals surface area (Å²) in [6.45, 7) is 3.59. The number of halogens is 1. The minimum atomic E-state index is -1.22. The molecule has 0 bridgehead atoms. The third kappa shape index (κ3) is 4.72. The maximum absolute atomic E-state index is 12.3. The molecule has 158 valence electrons. The Labute approximate surface area is 186 Å². The molecule has 0 unspecified atom stereocenters. The van der Waals surface area contributed by atoms with Gasteiger partial charge in [-0.05, 0) is 66.2 Å². The van der Waals surface area contributed by atoms with Crippen molar-refractivity contribution < 1.29 is 24.6 Å². The predicted molar refractivity (Wildman–Crippen MR) is 118 cm³/mol. The lowest BCUT2D eigenvalue weighted by Gasteiger charge is -2.12. The number of hydrogen-bond donors (Lipinski definition) is 3. The van der Waals surface area contributed by atoms with E-state index in [9.17, 15) is 24.6 Å². The number of carbonyl (C=O) groups is 3. The third-order valence-electron chi connectivity index (χ3n) is 4.63. The van der Waals surface area contributed by atoms with Crippen LogP contribution in [0, 0.1) is 13.8 Å². The normalized spacial score (nSPS) is 10.9. The number of hydrogen-bond acceptors (Lipinski definition) is 4. The standard InChI is InChI=1S/C22H18BrN3O5/c1-12-7-16(11-24-25-20(27)18-5-3-4-6-19(18)23)13(2)26(12)17-9-14(21(28)29)8-15(10-17)22(30)31/h3-11H,1-2H3,(H,25,27)(H,28,29)(H,30,31). The number of carbonyl (C=O) groups excluding carboxylic acids is 1. The monoisotopic (exact) mass is 483 g/mol. The summed E-state index contributed by atoms with van der Waals surface area (Å²) in [7, 11) is 0. The van der Waals surface area contributed by atoms with E-state index in [0.717, 1.165) is 11.8 Å². The lowest BCUT2D eigenvalue weighted by Crippen LogP contribution is -2.18. The molecule has 1 heterocycles. The summed E-state index contributed by atoms with van der Waals surface area (Å²) in [5.41, 5.74) is 5.20. The maximum atomic E-state index is 12.3. The Morgan fingerprint density at radius 1 is 1.00 bits per heavy atom. The summed E-state index contributed by atoms with van der Waals surface area (Å²) < 4.78 is 2.38. The quantitative estimate of drug-likeness (QED) is 0.361. The molecule has 3 rings (SSSR count). The number of amides is 1. The van der Waals surface area contributed by atoms with Crippen molar-refractivity contribution in [1.29, 1.82) is 0 Å². The fourth-order valence-corrected chi connectivity index (χ4v) is 3.63. The van der Waals surface area contributed by atoms with Gasteiger partial charge < -0.3 is 14.8 Å². The Morgan fingerprint density at radius 3 is 2.19 bits per heavy atom. The molecule has 3 N–H and O–H groups in total. The van der Waals surface area contributed by atoms with E-state index in [1.165, 1.54) is 18.3 Å². The van der Waals surface area contributed by atoms with Crippen LogP contribution in [0.4, 0.5) is 0 Å². The molecule has 0 saturated carbocycles. The number of hydrazone groups is 1. The zero-order chi connectivity index (χ0) is 22.7. The number of aromatic carboxylic acids is 2.